The number of carboxylic acids is 1. The first-order valence-electron chi connectivity index (χ1n) is 5.35. The Balaban J connectivity index is 2.42. The second kappa shape index (κ2) is 4.78. The van der Waals surface area contributed by atoms with E-state index in [4.69, 9.17) is 28.3 Å². The number of carbonyl (C=O) groups excluding carboxylic acids is 1. The van der Waals surface area contributed by atoms with Crippen molar-refractivity contribution in [2.75, 3.05) is 7.05 Å². The van der Waals surface area contributed by atoms with Crippen LogP contribution in [0.5, 0.6) is 0 Å². The summed E-state index contributed by atoms with van der Waals surface area (Å²) in [5.41, 5.74) is 0.685. The summed E-state index contributed by atoms with van der Waals surface area (Å²) >= 11 is 11.7. The van der Waals surface area contributed by atoms with Crippen molar-refractivity contribution in [2.24, 2.45) is 5.92 Å². The van der Waals surface area contributed by atoms with E-state index in [-0.39, 0.29) is 12.3 Å². The van der Waals surface area contributed by atoms with Gasteiger partial charge in [-0.15, -0.1) is 0 Å². The highest BCUT2D eigenvalue weighted by atomic mass is 35.5. The molecule has 1 saturated heterocycles. The Morgan fingerprint density at radius 2 is 2.06 bits per heavy atom. The van der Waals surface area contributed by atoms with Gasteiger partial charge in [0.1, 0.15) is 0 Å². The summed E-state index contributed by atoms with van der Waals surface area (Å²) in [5, 5.41) is 9.92. The fourth-order valence-corrected chi connectivity index (χ4v) is 2.55. The maximum absolute atomic E-state index is 11.6. The number of hydrogen-bond donors (Lipinski definition) is 1. The van der Waals surface area contributed by atoms with Gasteiger partial charge in [0.05, 0.1) is 22.0 Å². The van der Waals surface area contributed by atoms with Crippen LogP contribution in [-0.2, 0) is 9.59 Å². The third kappa shape index (κ3) is 2.18. The van der Waals surface area contributed by atoms with Gasteiger partial charge in [-0.25, -0.2) is 0 Å². The second-order valence-corrected chi connectivity index (χ2v) is 5.09. The van der Waals surface area contributed by atoms with Gasteiger partial charge in [-0.1, -0.05) is 29.3 Å². The summed E-state index contributed by atoms with van der Waals surface area (Å²) in [6.07, 6.45) is 0.0107. The lowest BCUT2D eigenvalue weighted by molar-refractivity contribution is -0.142. The standard InChI is InChI=1S/C12H11Cl2NO3/c1-15-10(16)5-7(12(17)18)11(15)6-2-3-8(13)9(14)4-6/h2-4,7,11H,5H2,1H3,(H,17,18)/t7-,11+/m0/s1. The number of hydrogen-bond acceptors (Lipinski definition) is 2. The molecule has 0 aliphatic carbocycles. The minimum atomic E-state index is -0.983. The van der Waals surface area contributed by atoms with Gasteiger partial charge in [0.15, 0.2) is 0 Å². The zero-order chi connectivity index (χ0) is 13.4. The van der Waals surface area contributed by atoms with Crippen molar-refractivity contribution in [1.82, 2.24) is 4.90 Å². The Morgan fingerprint density at radius 1 is 1.39 bits per heavy atom. The molecule has 1 fully saturated rings. The molecule has 0 unspecified atom stereocenters. The summed E-state index contributed by atoms with van der Waals surface area (Å²) < 4.78 is 0. The zero-order valence-corrected chi connectivity index (χ0v) is 11.1. The van der Waals surface area contributed by atoms with Crippen molar-refractivity contribution in [3.05, 3.63) is 33.8 Å². The van der Waals surface area contributed by atoms with Crippen LogP contribution in [0.3, 0.4) is 0 Å². The van der Waals surface area contributed by atoms with Gasteiger partial charge in [0.2, 0.25) is 5.91 Å². The van der Waals surface area contributed by atoms with E-state index in [1.807, 2.05) is 0 Å². The maximum Gasteiger partial charge on any atom is 0.309 e. The van der Waals surface area contributed by atoms with Gasteiger partial charge >= 0.3 is 5.97 Å². The molecule has 0 bridgehead atoms. The van der Waals surface area contributed by atoms with Crippen LogP contribution in [0, 0.1) is 5.92 Å². The molecule has 1 aromatic rings. The predicted octanol–water partition coefficient (Wildman–Crippen LogP) is 2.60. The van der Waals surface area contributed by atoms with Crippen LogP contribution in [0.4, 0.5) is 0 Å². The molecule has 1 heterocycles. The van der Waals surface area contributed by atoms with Crippen molar-refractivity contribution in [1.29, 1.82) is 0 Å². The Hall–Kier alpha value is -1.26. The van der Waals surface area contributed by atoms with E-state index in [1.165, 1.54) is 4.90 Å². The molecule has 96 valence electrons. The van der Waals surface area contributed by atoms with Gasteiger partial charge in [-0.3, -0.25) is 9.59 Å². The van der Waals surface area contributed by atoms with Crippen LogP contribution in [0.15, 0.2) is 18.2 Å². The molecule has 0 saturated carbocycles. The number of likely N-dealkylation sites (tertiary alicyclic amines) is 1. The van der Waals surface area contributed by atoms with E-state index >= 15 is 0 Å². The van der Waals surface area contributed by atoms with Gasteiger partial charge in [-0.05, 0) is 17.7 Å². The molecule has 2 atom stereocenters. The molecule has 0 radical (unpaired) electrons. The van der Waals surface area contributed by atoms with Gasteiger partial charge in [0.25, 0.3) is 0 Å². The highest BCUT2D eigenvalue weighted by molar-refractivity contribution is 6.42. The van der Waals surface area contributed by atoms with Gasteiger partial charge < -0.3 is 10.0 Å². The number of carboxylic acid groups (broad SMARTS) is 1. The summed E-state index contributed by atoms with van der Waals surface area (Å²) in [4.78, 5) is 24.3. The average Bonchev–Trinajstić information content (AvgIpc) is 2.60. The number of carbonyl (C=O) groups is 2. The highest BCUT2D eigenvalue weighted by Crippen LogP contribution is 2.38. The van der Waals surface area contributed by atoms with E-state index in [9.17, 15) is 9.59 Å². The van der Waals surface area contributed by atoms with Crippen molar-refractivity contribution in [3.8, 4) is 0 Å². The Kier molecular flexibility index (Phi) is 3.50. The lowest BCUT2D eigenvalue weighted by Gasteiger charge is -2.23. The lowest BCUT2D eigenvalue weighted by Crippen LogP contribution is -2.26. The highest BCUT2D eigenvalue weighted by Gasteiger charge is 2.42. The van der Waals surface area contributed by atoms with Crippen LogP contribution in [0.1, 0.15) is 18.0 Å². The molecule has 1 N–H and O–H groups in total. The van der Waals surface area contributed by atoms with E-state index in [0.717, 1.165) is 0 Å². The lowest BCUT2D eigenvalue weighted by atomic mass is 9.94. The molecule has 6 heteroatoms. The molecule has 18 heavy (non-hydrogen) atoms. The first-order valence-corrected chi connectivity index (χ1v) is 6.11. The topological polar surface area (TPSA) is 57.6 Å². The molecule has 4 nitrogen and oxygen atoms in total. The molecule has 1 aliphatic rings. The SMILES string of the molecule is CN1C(=O)C[C@H](C(=O)O)[C@H]1c1ccc(Cl)c(Cl)c1. The number of aliphatic carboxylic acids is 1. The predicted molar refractivity (Wildman–Crippen MR) is 67.7 cm³/mol. The first-order chi connectivity index (χ1) is 8.41. The number of benzene rings is 1. The van der Waals surface area contributed by atoms with E-state index in [2.05, 4.69) is 0 Å². The van der Waals surface area contributed by atoms with Crippen LogP contribution < -0.4 is 0 Å². The van der Waals surface area contributed by atoms with Crippen molar-refractivity contribution >= 4 is 35.1 Å². The van der Waals surface area contributed by atoms with Crippen LogP contribution in [0.25, 0.3) is 0 Å². The Labute approximate surface area is 114 Å². The average molecular weight is 288 g/mol. The van der Waals surface area contributed by atoms with E-state index in [1.54, 1.807) is 25.2 Å². The number of amides is 1. The van der Waals surface area contributed by atoms with Crippen molar-refractivity contribution < 1.29 is 14.7 Å². The van der Waals surface area contributed by atoms with Crippen molar-refractivity contribution in [3.63, 3.8) is 0 Å². The normalized spacial score (nSPS) is 23.5. The van der Waals surface area contributed by atoms with Crippen LogP contribution in [0.2, 0.25) is 10.0 Å². The van der Waals surface area contributed by atoms with E-state index < -0.39 is 17.9 Å². The molecular weight excluding hydrogens is 277 g/mol. The quantitative estimate of drug-likeness (QED) is 0.910. The molecule has 0 spiro atoms. The molecule has 1 aliphatic heterocycles. The number of rotatable bonds is 2. The molecule has 2 rings (SSSR count). The largest absolute Gasteiger partial charge is 0.481 e. The van der Waals surface area contributed by atoms with Crippen LogP contribution >= 0.6 is 23.2 Å². The molecule has 1 aromatic carbocycles. The Bertz CT molecular complexity index is 518. The molecule has 1 amide bonds. The van der Waals surface area contributed by atoms with Gasteiger partial charge in [-0.2, -0.15) is 0 Å². The second-order valence-electron chi connectivity index (χ2n) is 4.27. The fourth-order valence-electron chi connectivity index (χ4n) is 2.24. The zero-order valence-electron chi connectivity index (χ0n) is 9.56. The van der Waals surface area contributed by atoms with E-state index in [0.29, 0.717) is 15.6 Å². The third-order valence-corrected chi connectivity index (χ3v) is 3.93. The summed E-state index contributed by atoms with van der Waals surface area (Å²) in [6, 6.07) is 4.42. The number of halogens is 2. The first kappa shape index (κ1) is 13.2. The summed E-state index contributed by atoms with van der Waals surface area (Å²) in [5.74, 6) is -1.91. The Morgan fingerprint density at radius 3 is 2.61 bits per heavy atom. The summed E-state index contributed by atoms with van der Waals surface area (Å²) in [6.45, 7) is 0. The maximum atomic E-state index is 11.6. The monoisotopic (exact) mass is 287 g/mol. The van der Waals surface area contributed by atoms with Gasteiger partial charge in [0, 0.05) is 13.5 Å². The third-order valence-electron chi connectivity index (χ3n) is 3.19. The minimum absolute atomic E-state index is 0.0107. The minimum Gasteiger partial charge on any atom is -0.481 e. The van der Waals surface area contributed by atoms with Crippen LogP contribution in [-0.4, -0.2) is 28.9 Å². The number of nitrogens with zero attached hydrogens (tertiary/aromatic N) is 1. The molecular formula is C12H11Cl2NO3. The smallest absolute Gasteiger partial charge is 0.309 e. The van der Waals surface area contributed by atoms with Crippen molar-refractivity contribution in [2.45, 2.75) is 12.5 Å². The molecule has 0 aromatic heterocycles. The summed E-state index contributed by atoms with van der Waals surface area (Å²) in [7, 11) is 1.60. The fraction of sp³-hybridized carbons (Fsp3) is 0.333.